The average molecular weight is 463 g/mol. The SMILES string of the molecule is O=C(NCC1CCN(C(=O)COc2ccc(Cl)cc2)C1)C1CCc2cc(Cl)ccc2O1. The minimum absolute atomic E-state index is 0.0138. The Kier molecular flexibility index (Phi) is 6.88. The molecule has 31 heavy (non-hydrogen) atoms. The lowest BCUT2D eigenvalue weighted by Crippen LogP contribution is -2.42. The summed E-state index contributed by atoms with van der Waals surface area (Å²) < 4.78 is 11.4. The molecule has 0 saturated carbocycles. The van der Waals surface area contributed by atoms with Gasteiger partial charge in [0.2, 0.25) is 0 Å². The van der Waals surface area contributed by atoms with Crippen molar-refractivity contribution in [1.82, 2.24) is 10.2 Å². The molecule has 2 aromatic carbocycles. The molecule has 2 aliphatic rings. The molecular weight excluding hydrogens is 439 g/mol. The van der Waals surface area contributed by atoms with Gasteiger partial charge in [-0.25, -0.2) is 0 Å². The number of likely N-dealkylation sites (tertiary alicyclic amines) is 1. The van der Waals surface area contributed by atoms with Crippen LogP contribution in [0.3, 0.4) is 0 Å². The summed E-state index contributed by atoms with van der Waals surface area (Å²) in [6.07, 6.45) is 1.73. The smallest absolute Gasteiger partial charge is 0.261 e. The van der Waals surface area contributed by atoms with Crippen LogP contribution in [0, 0.1) is 5.92 Å². The van der Waals surface area contributed by atoms with E-state index in [2.05, 4.69) is 5.32 Å². The lowest BCUT2D eigenvalue weighted by molar-refractivity contribution is -0.132. The molecule has 164 valence electrons. The van der Waals surface area contributed by atoms with E-state index in [0.717, 1.165) is 18.4 Å². The first-order chi connectivity index (χ1) is 15.0. The maximum atomic E-state index is 12.6. The molecule has 1 fully saturated rings. The summed E-state index contributed by atoms with van der Waals surface area (Å²) in [6.45, 7) is 1.78. The van der Waals surface area contributed by atoms with E-state index >= 15 is 0 Å². The number of ether oxygens (including phenoxy) is 2. The number of amides is 2. The Hall–Kier alpha value is -2.44. The second-order valence-corrected chi connectivity index (χ2v) is 8.75. The van der Waals surface area contributed by atoms with Crippen molar-refractivity contribution >= 4 is 35.0 Å². The van der Waals surface area contributed by atoms with Crippen molar-refractivity contribution in [3.05, 3.63) is 58.1 Å². The van der Waals surface area contributed by atoms with Gasteiger partial charge in [0.05, 0.1) is 0 Å². The number of benzene rings is 2. The van der Waals surface area contributed by atoms with Gasteiger partial charge in [0.25, 0.3) is 11.8 Å². The highest BCUT2D eigenvalue weighted by atomic mass is 35.5. The summed E-state index contributed by atoms with van der Waals surface area (Å²) in [6, 6.07) is 12.4. The Morgan fingerprint density at radius 2 is 1.87 bits per heavy atom. The van der Waals surface area contributed by atoms with Gasteiger partial charge in [-0.15, -0.1) is 0 Å². The maximum Gasteiger partial charge on any atom is 0.261 e. The molecule has 4 rings (SSSR count). The first-order valence-corrected chi connectivity index (χ1v) is 11.1. The Labute approximate surface area is 191 Å². The van der Waals surface area contributed by atoms with Gasteiger partial charge in [-0.3, -0.25) is 9.59 Å². The third-order valence-electron chi connectivity index (χ3n) is 5.64. The van der Waals surface area contributed by atoms with E-state index in [9.17, 15) is 9.59 Å². The Morgan fingerprint density at radius 1 is 1.10 bits per heavy atom. The number of rotatable bonds is 6. The van der Waals surface area contributed by atoms with Gasteiger partial charge in [-0.05, 0) is 73.2 Å². The molecule has 2 atom stereocenters. The van der Waals surface area contributed by atoms with Crippen LogP contribution in [-0.2, 0) is 16.0 Å². The van der Waals surface area contributed by atoms with Crippen LogP contribution in [0.4, 0.5) is 0 Å². The number of halogens is 2. The molecule has 2 aliphatic heterocycles. The fourth-order valence-electron chi connectivity index (χ4n) is 3.89. The van der Waals surface area contributed by atoms with Crippen LogP contribution in [0.2, 0.25) is 10.0 Å². The van der Waals surface area contributed by atoms with Gasteiger partial charge in [0, 0.05) is 29.7 Å². The molecule has 0 radical (unpaired) electrons. The van der Waals surface area contributed by atoms with Crippen molar-refractivity contribution in [2.75, 3.05) is 26.2 Å². The number of hydrogen-bond donors (Lipinski definition) is 1. The van der Waals surface area contributed by atoms with Gasteiger partial charge in [-0.1, -0.05) is 23.2 Å². The molecule has 0 aromatic heterocycles. The van der Waals surface area contributed by atoms with Gasteiger partial charge in [0.1, 0.15) is 11.5 Å². The topological polar surface area (TPSA) is 67.9 Å². The van der Waals surface area contributed by atoms with E-state index in [1.807, 2.05) is 12.1 Å². The molecule has 6 nitrogen and oxygen atoms in total. The molecule has 2 aromatic rings. The number of hydrogen-bond acceptors (Lipinski definition) is 4. The Morgan fingerprint density at radius 3 is 2.68 bits per heavy atom. The second-order valence-electron chi connectivity index (χ2n) is 7.88. The second kappa shape index (κ2) is 9.79. The zero-order chi connectivity index (χ0) is 21.8. The molecular formula is C23H24Cl2N2O4. The summed E-state index contributed by atoms with van der Waals surface area (Å²) in [4.78, 5) is 26.8. The summed E-state index contributed by atoms with van der Waals surface area (Å²) in [5.41, 5.74) is 1.03. The highest BCUT2D eigenvalue weighted by Crippen LogP contribution is 2.30. The monoisotopic (exact) mass is 462 g/mol. The lowest BCUT2D eigenvalue weighted by Gasteiger charge is -2.26. The Bertz CT molecular complexity index is 951. The van der Waals surface area contributed by atoms with Gasteiger partial charge in [-0.2, -0.15) is 0 Å². The molecule has 1 N–H and O–H groups in total. The molecule has 8 heteroatoms. The molecule has 2 amide bonds. The van der Waals surface area contributed by atoms with Crippen LogP contribution in [0.15, 0.2) is 42.5 Å². The number of carbonyl (C=O) groups excluding carboxylic acids is 2. The van der Waals surface area contributed by atoms with Crippen LogP contribution in [0.1, 0.15) is 18.4 Å². The minimum atomic E-state index is -0.499. The van der Waals surface area contributed by atoms with Crippen LogP contribution in [0.25, 0.3) is 0 Å². The van der Waals surface area contributed by atoms with E-state index in [1.54, 1.807) is 35.2 Å². The van der Waals surface area contributed by atoms with Crippen molar-refractivity contribution < 1.29 is 19.1 Å². The normalized spacial score (nSPS) is 20.0. The average Bonchev–Trinajstić information content (AvgIpc) is 3.25. The van der Waals surface area contributed by atoms with Crippen molar-refractivity contribution in [2.24, 2.45) is 5.92 Å². The van der Waals surface area contributed by atoms with Crippen molar-refractivity contribution in [2.45, 2.75) is 25.4 Å². The quantitative estimate of drug-likeness (QED) is 0.709. The van der Waals surface area contributed by atoms with Crippen LogP contribution in [0.5, 0.6) is 11.5 Å². The Balaban J connectivity index is 1.19. The van der Waals surface area contributed by atoms with Crippen LogP contribution in [-0.4, -0.2) is 49.1 Å². The number of fused-ring (bicyclic) bond motifs is 1. The van der Waals surface area contributed by atoms with Crippen LogP contribution >= 0.6 is 23.2 Å². The minimum Gasteiger partial charge on any atom is -0.484 e. The number of carbonyl (C=O) groups is 2. The number of aryl methyl sites for hydroxylation is 1. The summed E-state index contributed by atoms with van der Waals surface area (Å²) in [5.74, 6) is 1.37. The fraction of sp³-hybridized carbons (Fsp3) is 0.391. The zero-order valence-corrected chi connectivity index (χ0v) is 18.5. The van der Waals surface area contributed by atoms with E-state index in [-0.39, 0.29) is 24.3 Å². The molecule has 0 aliphatic carbocycles. The lowest BCUT2D eigenvalue weighted by atomic mass is 10.0. The predicted octanol–water partition coefficient (Wildman–Crippen LogP) is 3.73. The highest BCUT2D eigenvalue weighted by Gasteiger charge is 2.29. The summed E-state index contributed by atoms with van der Waals surface area (Å²) >= 11 is 11.9. The van der Waals surface area contributed by atoms with E-state index < -0.39 is 6.10 Å². The predicted molar refractivity (Wildman–Crippen MR) is 119 cm³/mol. The molecule has 2 unspecified atom stereocenters. The largest absolute Gasteiger partial charge is 0.484 e. The molecule has 1 saturated heterocycles. The standard InChI is InChI=1S/C23H24Cl2N2O4/c24-17-2-5-19(6-3-17)30-14-22(28)27-10-9-15(13-27)12-26-23(29)21-7-1-16-11-18(25)4-8-20(16)31-21/h2-6,8,11,15,21H,1,7,9-10,12-14H2,(H,26,29). The van der Waals surface area contributed by atoms with E-state index in [4.69, 9.17) is 32.7 Å². The maximum absolute atomic E-state index is 12.6. The van der Waals surface area contributed by atoms with Crippen LogP contribution < -0.4 is 14.8 Å². The summed E-state index contributed by atoms with van der Waals surface area (Å²) in [5, 5.41) is 4.28. The zero-order valence-electron chi connectivity index (χ0n) is 17.0. The van der Waals surface area contributed by atoms with Crippen molar-refractivity contribution in [3.8, 4) is 11.5 Å². The highest BCUT2D eigenvalue weighted by molar-refractivity contribution is 6.30. The van der Waals surface area contributed by atoms with Gasteiger partial charge >= 0.3 is 0 Å². The first kappa shape index (κ1) is 21.8. The van der Waals surface area contributed by atoms with E-state index in [1.165, 1.54) is 0 Å². The van der Waals surface area contributed by atoms with Crippen molar-refractivity contribution in [3.63, 3.8) is 0 Å². The number of nitrogens with one attached hydrogen (secondary N) is 1. The molecule has 0 bridgehead atoms. The fourth-order valence-corrected chi connectivity index (χ4v) is 4.21. The number of nitrogens with zero attached hydrogens (tertiary/aromatic N) is 1. The first-order valence-electron chi connectivity index (χ1n) is 10.4. The van der Waals surface area contributed by atoms with E-state index in [0.29, 0.717) is 47.6 Å². The molecule has 2 heterocycles. The third kappa shape index (κ3) is 5.63. The van der Waals surface area contributed by atoms with Gasteiger partial charge < -0.3 is 19.7 Å². The van der Waals surface area contributed by atoms with Crippen molar-refractivity contribution in [1.29, 1.82) is 0 Å². The third-order valence-corrected chi connectivity index (χ3v) is 6.13. The molecule has 0 spiro atoms. The summed E-state index contributed by atoms with van der Waals surface area (Å²) in [7, 11) is 0. The van der Waals surface area contributed by atoms with Gasteiger partial charge in [0.15, 0.2) is 12.7 Å².